The monoisotopic (exact) mass is 290 g/mol. The number of pyridine rings is 1. The van der Waals surface area contributed by atoms with Crippen LogP contribution in [0.3, 0.4) is 0 Å². The number of ether oxygens (including phenoxy) is 2. The molecular formula is C15H15FN2O3. The minimum Gasteiger partial charge on any atom is -0.493 e. The van der Waals surface area contributed by atoms with E-state index in [1.54, 1.807) is 18.2 Å². The third kappa shape index (κ3) is 3.47. The predicted molar refractivity (Wildman–Crippen MR) is 76.3 cm³/mol. The van der Waals surface area contributed by atoms with Crippen LogP contribution in [-0.4, -0.2) is 24.6 Å². The Kier molecular flexibility index (Phi) is 4.71. The van der Waals surface area contributed by atoms with Gasteiger partial charge in [0.15, 0.2) is 17.3 Å². The van der Waals surface area contributed by atoms with Crippen molar-refractivity contribution < 1.29 is 18.7 Å². The van der Waals surface area contributed by atoms with Gasteiger partial charge in [0.1, 0.15) is 0 Å². The average molecular weight is 290 g/mol. The van der Waals surface area contributed by atoms with Crippen molar-refractivity contribution in [1.29, 1.82) is 0 Å². The predicted octanol–water partition coefficient (Wildman–Crippen LogP) is 2.88. The molecule has 2 aromatic rings. The molecule has 0 spiro atoms. The van der Waals surface area contributed by atoms with Crippen LogP contribution in [0.25, 0.3) is 0 Å². The van der Waals surface area contributed by atoms with Crippen LogP contribution in [0.2, 0.25) is 0 Å². The lowest BCUT2D eigenvalue weighted by molar-refractivity contribution is 0.102. The number of carbonyl (C=O) groups excluding carboxylic acids is 1. The van der Waals surface area contributed by atoms with Crippen LogP contribution in [0, 0.1) is 5.82 Å². The highest BCUT2D eigenvalue weighted by Gasteiger charge is 2.13. The van der Waals surface area contributed by atoms with Gasteiger partial charge in [0, 0.05) is 18.0 Å². The lowest BCUT2D eigenvalue weighted by Crippen LogP contribution is -2.14. The fourth-order valence-corrected chi connectivity index (χ4v) is 1.78. The number of hydrogen-bond acceptors (Lipinski definition) is 4. The minimum atomic E-state index is -0.673. The number of anilines is 1. The van der Waals surface area contributed by atoms with Crippen LogP contribution in [0.1, 0.15) is 17.3 Å². The molecule has 0 aliphatic carbocycles. The molecule has 0 fully saturated rings. The summed E-state index contributed by atoms with van der Waals surface area (Å²) in [6, 6.07) is 6.27. The molecule has 0 atom stereocenters. The summed E-state index contributed by atoms with van der Waals surface area (Å²) in [5, 5.41) is 2.60. The van der Waals surface area contributed by atoms with Gasteiger partial charge in [0.25, 0.3) is 5.91 Å². The third-order valence-electron chi connectivity index (χ3n) is 2.74. The van der Waals surface area contributed by atoms with E-state index in [1.807, 2.05) is 6.92 Å². The quantitative estimate of drug-likeness (QED) is 0.919. The number of carbonyl (C=O) groups is 1. The summed E-state index contributed by atoms with van der Waals surface area (Å²) in [5.74, 6) is -0.160. The Morgan fingerprint density at radius 1 is 1.33 bits per heavy atom. The van der Waals surface area contributed by atoms with Gasteiger partial charge in [-0.3, -0.25) is 9.78 Å². The number of benzene rings is 1. The highest BCUT2D eigenvalue weighted by molar-refractivity contribution is 6.04. The Morgan fingerprint density at radius 2 is 2.14 bits per heavy atom. The van der Waals surface area contributed by atoms with Crippen molar-refractivity contribution in [2.24, 2.45) is 0 Å². The summed E-state index contributed by atoms with van der Waals surface area (Å²) >= 11 is 0. The van der Waals surface area contributed by atoms with Gasteiger partial charge < -0.3 is 14.8 Å². The van der Waals surface area contributed by atoms with Gasteiger partial charge in [-0.2, -0.15) is 0 Å². The summed E-state index contributed by atoms with van der Waals surface area (Å²) < 4.78 is 24.1. The first-order valence-corrected chi connectivity index (χ1v) is 6.37. The van der Waals surface area contributed by atoms with Crippen LogP contribution >= 0.6 is 0 Å². The van der Waals surface area contributed by atoms with Crippen LogP contribution in [-0.2, 0) is 0 Å². The van der Waals surface area contributed by atoms with E-state index in [4.69, 9.17) is 9.47 Å². The number of nitrogens with one attached hydrogen (secondary N) is 1. The van der Waals surface area contributed by atoms with Gasteiger partial charge in [0.2, 0.25) is 0 Å². The molecule has 0 bridgehead atoms. The summed E-state index contributed by atoms with van der Waals surface area (Å²) in [5.41, 5.74) is 0.411. The minimum absolute atomic E-state index is 0.0714. The summed E-state index contributed by atoms with van der Waals surface area (Å²) in [6.45, 7) is 2.37. The van der Waals surface area contributed by atoms with E-state index in [1.165, 1.54) is 19.4 Å². The Hall–Kier alpha value is -2.63. The van der Waals surface area contributed by atoms with Gasteiger partial charge in [-0.1, -0.05) is 0 Å². The van der Waals surface area contributed by atoms with E-state index >= 15 is 0 Å². The molecule has 0 radical (unpaired) electrons. The van der Waals surface area contributed by atoms with Crippen molar-refractivity contribution in [3.05, 3.63) is 48.0 Å². The highest BCUT2D eigenvalue weighted by atomic mass is 19.1. The maximum Gasteiger partial charge on any atom is 0.258 e. The molecule has 2 rings (SSSR count). The van der Waals surface area contributed by atoms with Crippen molar-refractivity contribution in [3.63, 3.8) is 0 Å². The number of halogens is 1. The molecule has 1 N–H and O–H groups in total. The molecule has 5 nitrogen and oxygen atoms in total. The van der Waals surface area contributed by atoms with Crippen molar-refractivity contribution in [3.8, 4) is 11.5 Å². The van der Waals surface area contributed by atoms with E-state index in [2.05, 4.69) is 10.3 Å². The number of rotatable bonds is 5. The zero-order valence-corrected chi connectivity index (χ0v) is 11.7. The standard InChI is InChI=1S/C15H15FN2O3/c1-3-21-13-5-4-10(8-14(13)20-2)18-15(19)11-6-7-17-9-12(11)16/h4-9H,3H2,1-2H3,(H,18,19). The van der Waals surface area contributed by atoms with Gasteiger partial charge in [-0.15, -0.1) is 0 Å². The van der Waals surface area contributed by atoms with E-state index in [0.717, 1.165) is 6.20 Å². The smallest absolute Gasteiger partial charge is 0.258 e. The van der Waals surface area contributed by atoms with Gasteiger partial charge in [0.05, 0.1) is 25.5 Å². The summed E-state index contributed by atoms with van der Waals surface area (Å²) in [7, 11) is 1.51. The zero-order valence-electron chi connectivity index (χ0n) is 11.7. The number of nitrogens with zero attached hydrogens (tertiary/aromatic N) is 1. The first-order valence-electron chi connectivity index (χ1n) is 6.37. The SMILES string of the molecule is CCOc1ccc(NC(=O)c2ccncc2F)cc1OC. The second-order valence-corrected chi connectivity index (χ2v) is 4.11. The average Bonchev–Trinajstić information content (AvgIpc) is 2.49. The van der Waals surface area contributed by atoms with Gasteiger partial charge in [-0.05, 0) is 25.1 Å². The van der Waals surface area contributed by atoms with Crippen LogP contribution in [0.15, 0.2) is 36.7 Å². The number of aromatic nitrogens is 1. The molecule has 110 valence electrons. The van der Waals surface area contributed by atoms with Crippen molar-refractivity contribution in [2.75, 3.05) is 19.0 Å². The van der Waals surface area contributed by atoms with E-state index in [9.17, 15) is 9.18 Å². The van der Waals surface area contributed by atoms with Crippen molar-refractivity contribution >= 4 is 11.6 Å². The van der Waals surface area contributed by atoms with Crippen LogP contribution in [0.4, 0.5) is 10.1 Å². The molecule has 0 aliphatic heterocycles. The van der Waals surface area contributed by atoms with Crippen molar-refractivity contribution in [1.82, 2.24) is 4.98 Å². The molecule has 0 unspecified atom stereocenters. The second-order valence-electron chi connectivity index (χ2n) is 4.11. The number of methoxy groups -OCH3 is 1. The lowest BCUT2D eigenvalue weighted by atomic mass is 10.2. The maximum atomic E-state index is 13.5. The molecule has 1 amide bonds. The third-order valence-corrected chi connectivity index (χ3v) is 2.74. The molecule has 21 heavy (non-hydrogen) atoms. The Bertz CT molecular complexity index is 647. The molecule has 0 aliphatic rings. The van der Waals surface area contributed by atoms with Gasteiger partial charge >= 0.3 is 0 Å². The largest absolute Gasteiger partial charge is 0.493 e. The van der Waals surface area contributed by atoms with Crippen molar-refractivity contribution in [2.45, 2.75) is 6.92 Å². The van der Waals surface area contributed by atoms with Gasteiger partial charge in [-0.25, -0.2) is 4.39 Å². The van der Waals surface area contributed by atoms with E-state index in [0.29, 0.717) is 23.8 Å². The number of hydrogen-bond donors (Lipinski definition) is 1. The molecule has 6 heteroatoms. The normalized spacial score (nSPS) is 10.0. The first-order chi connectivity index (χ1) is 10.2. The fraction of sp³-hybridized carbons (Fsp3) is 0.200. The van der Waals surface area contributed by atoms with E-state index < -0.39 is 11.7 Å². The Labute approximate surface area is 121 Å². The van der Waals surface area contributed by atoms with E-state index in [-0.39, 0.29) is 5.56 Å². The number of amides is 1. The molecule has 1 heterocycles. The molecule has 1 aromatic carbocycles. The second kappa shape index (κ2) is 6.69. The van der Waals surface area contributed by atoms with Crippen LogP contribution in [0.5, 0.6) is 11.5 Å². The zero-order chi connectivity index (χ0) is 15.2. The first kappa shape index (κ1) is 14.8. The maximum absolute atomic E-state index is 13.5. The molecule has 0 saturated carbocycles. The summed E-state index contributed by atoms with van der Waals surface area (Å²) in [4.78, 5) is 15.6. The molecule has 0 saturated heterocycles. The molecular weight excluding hydrogens is 275 g/mol. The topological polar surface area (TPSA) is 60.5 Å². The Morgan fingerprint density at radius 3 is 2.81 bits per heavy atom. The Balaban J connectivity index is 2.20. The molecule has 1 aromatic heterocycles. The van der Waals surface area contributed by atoms with Crippen LogP contribution < -0.4 is 14.8 Å². The lowest BCUT2D eigenvalue weighted by Gasteiger charge is -2.12. The fourth-order valence-electron chi connectivity index (χ4n) is 1.78. The highest BCUT2D eigenvalue weighted by Crippen LogP contribution is 2.30. The summed E-state index contributed by atoms with van der Waals surface area (Å²) in [6.07, 6.45) is 2.35.